The molecule has 0 unspecified atom stereocenters. The molecule has 0 atom stereocenters. The summed E-state index contributed by atoms with van der Waals surface area (Å²) < 4.78 is 0. The number of hydrogen-bond acceptors (Lipinski definition) is 4. The Morgan fingerprint density at radius 3 is 2.00 bits per heavy atom. The van der Waals surface area contributed by atoms with Gasteiger partial charge in [0.25, 0.3) is 11.8 Å². The lowest BCUT2D eigenvalue weighted by Crippen LogP contribution is -2.32. The first kappa shape index (κ1) is 22.3. The normalized spacial score (nSPS) is 14.0. The van der Waals surface area contributed by atoms with E-state index in [-0.39, 0.29) is 16.7 Å². The molecule has 1 aliphatic heterocycles. The van der Waals surface area contributed by atoms with Crippen LogP contribution in [0.25, 0.3) is 5.57 Å². The maximum absolute atomic E-state index is 13.5. The summed E-state index contributed by atoms with van der Waals surface area (Å²) in [5, 5.41) is 12.8. The quantitative estimate of drug-likeness (QED) is 0.496. The standard InChI is InChI=1S/C27H22ClN3O2/c1-27(2,3)19-8-12-21(13-9-19)30-24-23(18-6-10-20(28)11-7-18)25(32)31(26(24)33)22-14-4-17(16-29)5-15-22/h4-15,30H,1-3H3. The van der Waals surface area contributed by atoms with E-state index in [9.17, 15) is 9.59 Å². The van der Waals surface area contributed by atoms with Crippen molar-refractivity contribution in [2.75, 3.05) is 10.2 Å². The number of imide groups is 1. The van der Waals surface area contributed by atoms with Crippen molar-refractivity contribution in [2.45, 2.75) is 26.2 Å². The molecular weight excluding hydrogens is 434 g/mol. The van der Waals surface area contributed by atoms with Crippen LogP contribution in [0.4, 0.5) is 11.4 Å². The van der Waals surface area contributed by atoms with Crippen LogP contribution in [0, 0.1) is 11.3 Å². The Morgan fingerprint density at radius 2 is 1.45 bits per heavy atom. The highest BCUT2D eigenvalue weighted by molar-refractivity contribution is 6.46. The number of hydrogen-bond donors (Lipinski definition) is 1. The molecule has 4 rings (SSSR count). The minimum Gasteiger partial charge on any atom is -0.350 e. The van der Waals surface area contributed by atoms with Gasteiger partial charge in [-0.15, -0.1) is 0 Å². The van der Waals surface area contributed by atoms with Crippen LogP contribution in [0.2, 0.25) is 5.02 Å². The smallest absolute Gasteiger partial charge is 0.282 e. The molecule has 5 nitrogen and oxygen atoms in total. The first-order chi connectivity index (χ1) is 15.7. The van der Waals surface area contributed by atoms with Crippen LogP contribution in [0.1, 0.15) is 37.5 Å². The summed E-state index contributed by atoms with van der Waals surface area (Å²) in [6.45, 7) is 6.39. The molecule has 1 N–H and O–H groups in total. The van der Waals surface area contributed by atoms with Gasteiger partial charge in [-0.25, -0.2) is 4.90 Å². The zero-order valence-corrected chi connectivity index (χ0v) is 19.3. The van der Waals surface area contributed by atoms with Gasteiger partial charge in [0.1, 0.15) is 5.70 Å². The summed E-state index contributed by atoms with van der Waals surface area (Å²) in [7, 11) is 0. The molecule has 0 radical (unpaired) electrons. The minimum atomic E-state index is -0.463. The summed E-state index contributed by atoms with van der Waals surface area (Å²) in [5.41, 5.74) is 3.74. The van der Waals surface area contributed by atoms with E-state index in [1.807, 2.05) is 30.3 Å². The van der Waals surface area contributed by atoms with Gasteiger partial charge in [-0.1, -0.05) is 56.6 Å². The van der Waals surface area contributed by atoms with Crippen molar-refractivity contribution in [1.82, 2.24) is 0 Å². The topological polar surface area (TPSA) is 73.2 Å². The number of anilines is 2. The third-order valence-electron chi connectivity index (χ3n) is 5.49. The molecule has 6 heteroatoms. The van der Waals surface area contributed by atoms with Gasteiger partial charge in [0.15, 0.2) is 0 Å². The first-order valence-corrected chi connectivity index (χ1v) is 10.8. The van der Waals surface area contributed by atoms with Gasteiger partial charge in [-0.3, -0.25) is 9.59 Å². The van der Waals surface area contributed by atoms with Gasteiger partial charge < -0.3 is 5.32 Å². The van der Waals surface area contributed by atoms with Crippen LogP contribution in [0.3, 0.4) is 0 Å². The minimum absolute atomic E-state index is 0.00219. The van der Waals surface area contributed by atoms with E-state index in [1.165, 1.54) is 0 Å². The third-order valence-corrected chi connectivity index (χ3v) is 5.74. The fraction of sp³-hybridized carbons (Fsp3) is 0.148. The van der Waals surface area contributed by atoms with Crippen molar-refractivity contribution < 1.29 is 9.59 Å². The summed E-state index contributed by atoms with van der Waals surface area (Å²) >= 11 is 6.03. The van der Waals surface area contributed by atoms with Crippen LogP contribution in [0.15, 0.2) is 78.5 Å². The average Bonchev–Trinajstić information content (AvgIpc) is 3.03. The van der Waals surface area contributed by atoms with Crippen LogP contribution in [-0.2, 0) is 15.0 Å². The van der Waals surface area contributed by atoms with Crippen molar-refractivity contribution in [3.8, 4) is 6.07 Å². The molecular formula is C27H22ClN3O2. The predicted octanol–water partition coefficient (Wildman–Crippen LogP) is 5.91. The molecule has 0 spiro atoms. The van der Waals surface area contributed by atoms with Gasteiger partial charge in [0.2, 0.25) is 0 Å². The van der Waals surface area contributed by atoms with Gasteiger partial charge in [0.05, 0.1) is 22.9 Å². The van der Waals surface area contributed by atoms with Crippen LogP contribution in [-0.4, -0.2) is 11.8 Å². The molecule has 1 aliphatic rings. The molecule has 0 bridgehead atoms. The second-order valence-electron chi connectivity index (χ2n) is 8.81. The molecule has 0 saturated heterocycles. The van der Waals surface area contributed by atoms with Crippen molar-refractivity contribution in [1.29, 1.82) is 5.26 Å². The second-order valence-corrected chi connectivity index (χ2v) is 9.25. The average molecular weight is 456 g/mol. The number of carbonyl (C=O) groups excluding carboxylic acids is 2. The van der Waals surface area contributed by atoms with E-state index in [4.69, 9.17) is 16.9 Å². The van der Waals surface area contributed by atoms with E-state index in [2.05, 4.69) is 26.1 Å². The maximum atomic E-state index is 13.5. The zero-order chi connectivity index (χ0) is 23.8. The van der Waals surface area contributed by atoms with E-state index in [0.29, 0.717) is 27.5 Å². The number of halogens is 1. The van der Waals surface area contributed by atoms with Gasteiger partial charge in [-0.2, -0.15) is 5.26 Å². The lowest BCUT2D eigenvalue weighted by atomic mass is 9.87. The van der Waals surface area contributed by atoms with Crippen molar-refractivity contribution in [3.05, 3.63) is 100 Å². The number of carbonyl (C=O) groups is 2. The second kappa shape index (κ2) is 8.57. The molecule has 2 amide bonds. The number of nitrogens with zero attached hydrogens (tertiary/aromatic N) is 2. The Balaban J connectivity index is 1.76. The Hall–Kier alpha value is -3.88. The van der Waals surface area contributed by atoms with Crippen molar-refractivity contribution >= 4 is 40.4 Å². The number of nitriles is 1. The monoisotopic (exact) mass is 455 g/mol. The van der Waals surface area contributed by atoms with Crippen LogP contribution < -0.4 is 10.2 Å². The SMILES string of the molecule is CC(C)(C)c1ccc(NC2=C(c3ccc(Cl)cc3)C(=O)N(c3ccc(C#N)cc3)C2=O)cc1. The molecule has 0 saturated carbocycles. The highest BCUT2D eigenvalue weighted by Gasteiger charge is 2.40. The fourth-order valence-corrected chi connectivity index (χ4v) is 3.77. The number of rotatable bonds is 4. The van der Waals surface area contributed by atoms with Crippen molar-refractivity contribution in [3.63, 3.8) is 0 Å². The van der Waals surface area contributed by atoms with Gasteiger partial charge >= 0.3 is 0 Å². The molecule has 0 aliphatic carbocycles. The molecule has 3 aromatic carbocycles. The Bertz CT molecular complexity index is 1290. The molecule has 0 fully saturated rings. The lowest BCUT2D eigenvalue weighted by molar-refractivity contribution is -0.120. The summed E-state index contributed by atoms with van der Waals surface area (Å²) in [4.78, 5) is 28.0. The van der Waals surface area contributed by atoms with E-state index in [0.717, 1.165) is 10.5 Å². The lowest BCUT2D eigenvalue weighted by Gasteiger charge is -2.19. The van der Waals surface area contributed by atoms with Crippen LogP contribution >= 0.6 is 11.6 Å². The molecule has 3 aromatic rings. The van der Waals surface area contributed by atoms with Gasteiger partial charge in [0, 0.05) is 10.7 Å². The number of benzene rings is 3. The Labute approximate surface area is 197 Å². The number of nitrogens with one attached hydrogen (secondary N) is 1. The summed E-state index contributed by atoms with van der Waals surface area (Å²) in [5.74, 6) is -0.907. The summed E-state index contributed by atoms with van der Waals surface area (Å²) in [6, 6.07) is 23.0. The fourth-order valence-electron chi connectivity index (χ4n) is 3.65. The number of amides is 2. The molecule has 33 heavy (non-hydrogen) atoms. The summed E-state index contributed by atoms with van der Waals surface area (Å²) in [6.07, 6.45) is 0. The highest BCUT2D eigenvalue weighted by atomic mass is 35.5. The predicted molar refractivity (Wildman–Crippen MR) is 131 cm³/mol. The van der Waals surface area contributed by atoms with Crippen LogP contribution in [0.5, 0.6) is 0 Å². The van der Waals surface area contributed by atoms with E-state index < -0.39 is 11.8 Å². The van der Waals surface area contributed by atoms with E-state index >= 15 is 0 Å². The third kappa shape index (κ3) is 4.39. The molecule has 0 aromatic heterocycles. The maximum Gasteiger partial charge on any atom is 0.282 e. The van der Waals surface area contributed by atoms with Crippen molar-refractivity contribution in [2.24, 2.45) is 0 Å². The first-order valence-electron chi connectivity index (χ1n) is 10.5. The Kier molecular flexibility index (Phi) is 5.80. The highest BCUT2D eigenvalue weighted by Crippen LogP contribution is 2.34. The largest absolute Gasteiger partial charge is 0.350 e. The van der Waals surface area contributed by atoms with E-state index in [1.54, 1.807) is 48.5 Å². The van der Waals surface area contributed by atoms with Gasteiger partial charge in [-0.05, 0) is 65.1 Å². The zero-order valence-electron chi connectivity index (χ0n) is 18.5. The molecule has 1 heterocycles. The molecule has 164 valence electrons. The Morgan fingerprint density at radius 1 is 0.848 bits per heavy atom.